The van der Waals surface area contributed by atoms with Crippen molar-refractivity contribution < 1.29 is 9.53 Å². The van der Waals surface area contributed by atoms with E-state index in [0.29, 0.717) is 35.2 Å². The average Bonchev–Trinajstić information content (AvgIpc) is 2.61. The average molecular weight is 379 g/mol. The molecule has 0 aliphatic heterocycles. The number of hydrogen-bond donors (Lipinski definition) is 1. The number of hydrazone groups is 1. The first-order valence-corrected chi connectivity index (χ1v) is 8.84. The maximum Gasteiger partial charge on any atom is 0.240 e. The van der Waals surface area contributed by atoms with Crippen LogP contribution in [0, 0.1) is 0 Å². The number of rotatable bonds is 8. The molecule has 0 aromatic heterocycles. The number of benzene rings is 2. The van der Waals surface area contributed by atoms with Gasteiger partial charge in [-0.05, 0) is 36.6 Å². The molecule has 0 unspecified atom stereocenters. The Labute approximate surface area is 157 Å². The zero-order valence-corrected chi connectivity index (χ0v) is 15.5. The molecule has 0 aliphatic rings. The van der Waals surface area contributed by atoms with E-state index in [4.69, 9.17) is 27.9 Å². The topological polar surface area (TPSA) is 50.7 Å². The van der Waals surface area contributed by atoms with Gasteiger partial charge in [0, 0.05) is 11.4 Å². The lowest BCUT2D eigenvalue weighted by Crippen LogP contribution is -2.20. The van der Waals surface area contributed by atoms with E-state index in [-0.39, 0.29) is 5.91 Å². The highest BCUT2D eigenvalue weighted by atomic mass is 35.5. The van der Waals surface area contributed by atoms with Crippen LogP contribution in [0.4, 0.5) is 0 Å². The lowest BCUT2D eigenvalue weighted by Gasteiger charge is -2.08. The van der Waals surface area contributed by atoms with Crippen molar-refractivity contribution in [2.45, 2.75) is 26.2 Å². The van der Waals surface area contributed by atoms with Gasteiger partial charge in [-0.25, -0.2) is 5.43 Å². The molecule has 0 saturated heterocycles. The number of hydrogen-bond acceptors (Lipinski definition) is 3. The van der Waals surface area contributed by atoms with E-state index in [1.54, 1.807) is 18.2 Å². The number of amides is 1. The van der Waals surface area contributed by atoms with Gasteiger partial charge in [0.1, 0.15) is 5.75 Å². The van der Waals surface area contributed by atoms with Crippen LogP contribution in [0.5, 0.6) is 5.75 Å². The standard InChI is InChI=1S/C19H20Cl2N2O2/c1-2-17(14-7-4-3-5-8-14)22-23-19(24)9-6-12-25-18-11-10-15(20)13-16(18)21/h3-5,7-8,10-11,13H,2,6,9,12H2,1H3,(H,23,24)/b22-17-. The molecular formula is C19H20Cl2N2O2. The smallest absolute Gasteiger partial charge is 0.240 e. The van der Waals surface area contributed by atoms with Crippen molar-refractivity contribution in [2.24, 2.45) is 5.10 Å². The van der Waals surface area contributed by atoms with Crippen LogP contribution in [0.1, 0.15) is 31.7 Å². The van der Waals surface area contributed by atoms with Gasteiger partial charge in [-0.1, -0.05) is 60.5 Å². The first-order valence-electron chi connectivity index (χ1n) is 8.09. The number of nitrogens with one attached hydrogen (secondary N) is 1. The summed E-state index contributed by atoms with van der Waals surface area (Å²) < 4.78 is 5.55. The van der Waals surface area contributed by atoms with Gasteiger partial charge in [0.05, 0.1) is 17.3 Å². The first kappa shape index (κ1) is 19.3. The van der Waals surface area contributed by atoms with Crippen LogP contribution < -0.4 is 10.2 Å². The molecule has 4 nitrogen and oxygen atoms in total. The fourth-order valence-electron chi connectivity index (χ4n) is 2.17. The molecule has 0 aliphatic carbocycles. The fraction of sp³-hybridized carbons (Fsp3) is 0.263. The van der Waals surface area contributed by atoms with Gasteiger partial charge in [0.15, 0.2) is 0 Å². The molecule has 0 heterocycles. The van der Waals surface area contributed by atoms with Crippen LogP contribution in [0.15, 0.2) is 53.6 Å². The number of carbonyl (C=O) groups is 1. The second-order valence-corrected chi connectivity index (χ2v) is 6.18. The van der Waals surface area contributed by atoms with Crippen molar-refractivity contribution in [2.75, 3.05) is 6.61 Å². The highest BCUT2D eigenvalue weighted by Gasteiger charge is 2.05. The Hall–Kier alpha value is -2.04. The lowest BCUT2D eigenvalue weighted by molar-refractivity contribution is -0.121. The van der Waals surface area contributed by atoms with Gasteiger partial charge >= 0.3 is 0 Å². The predicted octanol–water partition coefficient (Wildman–Crippen LogP) is 5.08. The Morgan fingerprint density at radius 2 is 1.92 bits per heavy atom. The van der Waals surface area contributed by atoms with E-state index in [2.05, 4.69) is 10.5 Å². The lowest BCUT2D eigenvalue weighted by atomic mass is 10.1. The maximum atomic E-state index is 11.9. The number of nitrogens with zero attached hydrogens (tertiary/aromatic N) is 1. The van der Waals surface area contributed by atoms with Crippen molar-refractivity contribution in [3.8, 4) is 5.75 Å². The summed E-state index contributed by atoms with van der Waals surface area (Å²) in [6.07, 6.45) is 1.62. The molecule has 0 radical (unpaired) electrons. The minimum Gasteiger partial charge on any atom is -0.492 e. The number of halogens is 2. The first-order chi connectivity index (χ1) is 12.1. The molecule has 0 saturated carbocycles. The van der Waals surface area contributed by atoms with Gasteiger partial charge in [-0.2, -0.15) is 5.10 Å². The van der Waals surface area contributed by atoms with Crippen molar-refractivity contribution in [3.05, 3.63) is 64.1 Å². The van der Waals surface area contributed by atoms with Crippen LogP contribution in [0.25, 0.3) is 0 Å². The van der Waals surface area contributed by atoms with E-state index >= 15 is 0 Å². The Morgan fingerprint density at radius 3 is 2.60 bits per heavy atom. The summed E-state index contributed by atoms with van der Waals surface area (Å²) in [5, 5.41) is 5.22. The zero-order valence-electron chi connectivity index (χ0n) is 14.0. The van der Waals surface area contributed by atoms with Crippen molar-refractivity contribution >= 4 is 34.8 Å². The van der Waals surface area contributed by atoms with Crippen molar-refractivity contribution in [1.82, 2.24) is 5.43 Å². The molecule has 2 aromatic carbocycles. The van der Waals surface area contributed by atoms with Crippen molar-refractivity contribution in [3.63, 3.8) is 0 Å². The summed E-state index contributed by atoms with van der Waals surface area (Å²) in [6, 6.07) is 14.8. The molecule has 6 heteroatoms. The van der Waals surface area contributed by atoms with E-state index in [9.17, 15) is 4.79 Å². The molecule has 25 heavy (non-hydrogen) atoms. The Kier molecular flexibility index (Phi) is 7.76. The summed E-state index contributed by atoms with van der Waals surface area (Å²) in [4.78, 5) is 11.9. The molecule has 1 amide bonds. The summed E-state index contributed by atoms with van der Waals surface area (Å²) >= 11 is 11.9. The largest absolute Gasteiger partial charge is 0.492 e. The Balaban J connectivity index is 1.76. The van der Waals surface area contributed by atoms with E-state index in [1.165, 1.54) is 0 Å². The van der Waals surface area contributed by atoms with E-state index in [1.807, 2.05) is 37.3 Å². The Morgan fingerprint density at radius 1 is 1.16 bits per heavy atom. The molecular weight excluding hydrogens is 359 g/mol. The molecule has 2 rings (SSSR count). The van der Waals surface area contributed by atoms with Crippen LogP contribution >= 0.6 is 23.2 Å². The second kappa shape index (κ2) is 10.1. The molecule has 0 atom stereocenters. The molecule has 1 N–H and O–H groups in total. The number of carbonyl (C=O) groups excluding carboxylic acids is 1. The zero-order chi connectivity index (χ0) is 18.1. The molecule has 2 aromatic rings. The van der Waals surface area contributed by atoms with E-state index < -0.39 is 0 Å². The van der Waals surface area contributed by atoms with Crippen LogP contribution in [0.3, 0.4) is 0 Å². The van der Waals surface area contributed by atoms with Gasteiger partial charge in [0.2, 0.25) is 5.91 Å². The van der Waals surface area contributed by atoms with Gasteiger partial charge < -0.3 is 4.74 Å². The third-order valence-electron chi connectivity index (χ3n) is 3.46. The second-order valence-electron chi connectivity index (χ2n) is 5.34. The van der Waals surface area contributed by atoms with Crippen molar-refractivity contribution in [1.29, 1.82) is 0 Å². The summed E-state index contributed by atoms with van der Waals surface area (Å²) in [6.45, 7) is 2.39. The van der Waals surface area contributed by atoms with Gasteiger partial charge in [0.25, 0.3) is 0 Å². The SMILES string of the molecule is CC/C(=N/NC(=O)CCCOc1ccc(Cl)cc1Cl)c1ccccc1. The molecule has 0 fully saturated rings. The highest BCUT2D eigenvalue weighted by molar-refractivity contribution is 6.35. The molecule has 0 bridgehead atoms. The third-order valence-corrected chi connectivity index (χ3v) is 3.99. The summed E-state index contributed by atoms with van der Waals surface area (Å²) in [5.41, 5.74) is 4.45. The number of ether oxygens (including phenoxy) is 1. The summed E-state index contributed by atoms with van der Waals surface area (Å²) in [7, 11) is 0. The summed E-state index contributed by atoms with van der Waals surface area (Å²) in [5.74, 6) is 0.412. The third kappa shape index (κ3) is 6.40. The van der Waals surface area contributed by atoms with Crippen LogP contribution in [0.2, 0.25) is 10.0 Å². The molecule has 132 valence electrons. The monoisotopic (exact) mass is 378 g/mol. The van der Waals surface area contributed by atoms with Gasteiger partial charge in [-0.15, -0.1) is 0 Å². The minimum atomic E-state index is -0.146. The Bertz CT molecular complexity index is 733. The van der Waals surface area contributed by atoms with E-state index in [0.717, 1.165) is 17.7 Å². The fourth-order valence-corrected chi connectivity index (χ4v) is 2.63. The van der Waals surface area contributed by atoms with Crippen LogP contribution in [-0.4, -0.2) is 18.2 Å². The normalized spacial score (nSPS) is 11.2. The highest BCUT2D eigenvalue weighted by Crippen LogP contribution is 2.27. The van der Waals surface area contributed by atoms with Crippen LogP contribution in [-0.2, 0) is 4.79 Å². The quantitative estimate of drug-likeness (QED) is 0.395. The minimum absolute atomic E-state index is 0.146. The molecule has 0 spiro atoms. The van der Waals surface area contributed by atoms with Gasteiger partial charge in [-0.3, -0.25) is 4.79 Å². The predicted molar refractivity (Wildman–Crippen MR) is 103 cm³/mol. The maximum absolute atomic E-state index is 11.9.